The molecular weight excluding hydrogens is 828 g/mol. The highest BCUT2D eigenvalue weighted by molar-refractivity contribution is 5.71. The second kappa shape index (κ2) is 13.6. The lowest BCUT2D eigenvalue weighted by Gasteiger charge is -2.51. The van der Waals surface area contributed by atoms with Crippen LogP contribution in [0.3, 0.4) is 0 Å². The molecule has 18 nitrogen and oxygen atoms in total. The highest BCUT2D eigenvalue weighted by Crippen LogP contribution is 2.65. The molecule has 6 aromatic carbocycles. The predicted octanol–water partition coefficient (Wildman–Crippen LogP) is 4.24. The van der Waals surface area contributed by atoms with E-state index in [0.29, 0.717) is 0 Å². The maximum atomic E-state index is 12.7. The Kier molecular flexibility index (Phi) is 8.49. The fraction of sp³-hybridized carbons (Fsp3) is 0.200. The van der Waals surface area contributed by atoms with Crippen LogP contribution in [0, 0.1) is 0 Å². The van der Waals surface area contributed by atoms with Crippen molar-refractivity contribution < 1.29 is 90.4 Å². The van der Waals surface area contributed by atoms with Crippen molar-refractivity contribution >= 4 is 0 Å². The topological polar surface area (TPSA) is 320 Å². The van der Waals surface area contributed by atoms with Gasteiger partial charge in [-0.25, -0.2) is 0 Å². The molecule has 4 aliphatic rings. The summed E-state index contributed by atoms with van der Waals surface area (Å²) in [7, 11) is 0. The first-order valence-corrected chi connectivity index (χ1v) is 19.3. The number of phenolic OH excluding ortho intramolecular Hbond substituents is 11. The third-order valence-corrected chi connectivity index (χ3v) is 12.2. The zero-order valence-corrected chi connectivity index (χ0v) is 32.1. The zero-order valence-electron chi connectivity index (χ0n) is 32.1. The quantitative estimate of drug-likeness (QED) is 0.110. The summed E-state index contributed by atoms with van der Waals surface area (Å²) in [6, 6.07) is 15.0. The van der Waals surface area contributed by atoms with E-state index in [9.17, 15) is 71.5 Å². The number of phenols is 11. The monoisotopic (exact) mass is 864 g/mol. The van der Waals surface area contributed by atoms with Gasteiger partial charge in [-0.2, -0.15) is 0 Å². The lowest BCUT2D eigenvalue weighted by Crippen LogP contribution is -2.58. The van der Waals surface area contributed by atoms with Crippen LogP contribution < -0.4 is 18.9 Å². The van der Waals surface area contributed by atoms with Crippen molar-refractivity contribution in [3.8, 4) is 86.2 Å². The molecular formula is C45H36O18. The number of aromatic hydroxyl groups is 11. The van der Waals surface area contributed by atoms with Crippen LogP contribution in [0.1, 0.15) is 68.6 Å². The van der Waals surface area contributed by atoms with Gasteiger partial charge >= 0.3 is 5.79 Å². The first-order chi connectivity index (χ1) is 30.0. The number of fused-ring (bicyclic) bond motifs is 9. The van der Waals surface area contributed by atoms with Crippen molar-refractivity contribution in [1.29, 1.82) is 0 Å². The van der Waals surface area contributed by atoms with Gasteiger partial charge in [0.05, 0.1) is 23.5 Å². The number of benzene rings is 6. The van der Waals surface area contributed by atoms with Crippen molar-refractivity contribution in [2.24, 2.45) is 0 Å². The predicted molar refractivity (Wildman–Crippen MR) is 212 cm³/mol. The molecule has 18 heteroatoms. The summed E-state index contributed by atoms with van der Waals surface area (Å²) in [5.74, 6) is -13.0. The summed E-state index contributed by atoms with van der Waals surface area (Å²) < 4.78 is 25.7. The van der Waals surface area contributed by atoms with Crippen molar-refractivity contribution in [2.75, 3.05) is 0 Å². The third kappa shape index (κ3) is 5.68. The van der Waals surface area contributed by atoms with Gasteiger partial charge in [0, 0.05) is 52.4 Å². The fourth-order valence-electron chi connectivity index (χ4n) is 9.28. The number of hydrogen-bond acceptors (Lipinski definition) is 18. The summed E-state index contributed by atoms with van der Waals surface area (Å²) in [5, 5.41) is 155. The Morgan fingerprint density at radius 3 is 1.76 bits per heavy atom. The van der Waals surface area contributed by atoms with Gasteiger partial charge in [-0.1, -0.05) is 12.1 Å². The molecule has 0 radical (unpaired) electrons. The maximum absolute atomic E-state index is 12.7. The highest BCUT2D eigenvalue weighted by Gasteiger charge is 2.61. The van der Waals surface area contributed by atoms with Gasteiger partial charge in [0.1, 0.15) is 58.6 Å². The molecule has 0 saturated heterocycles. The van der Waals surface area contributed by atoms with Gasteiger partial charge in [-0.3, -0.25) is 0 Å². The van der Waals surface area contributed by atoms with Gasteiger partial charge in [0.2, 0.25) is 0 Å². The molecule has 0 unspecified atom stereocenters. The van der Waals surface area contributed by atoms with Gasteiger partial charge in [-0.05, 0) is 59.7 Å². The van der Waals surface area contributed by atoms with Crippen LogP contribution in [0.2, 0.25) is 0 Å². The second-order valence-corrected chi connectivity index (χ2v) is 15.9. The molecule has 0 amide bonds. The van der Waals surface area contributed by atoms with Gasteiger partial charge in [0.25, 0.3) is 0 Å². The Morgan fingerprint density at radius 2 is 1.11 bits per heavy atom. The molecule has 2 bridgehead atoms. The van der Waals surface area contributed by atoms with E-state index in [1.807, 2.05) is 0 Å². The van der Waals surface area contributed by atoms with E-state index < -0.39 is 117 Å². The van der Waals surface area contributed by atoms with Crippen molar-refractivity contribution in [2.45, 2.75) is 54.6 Å². The number of ether oxygens (including phenoxy) is 4. The Balaban J connectivity index is 1.25. The molecule has 6 aromatic rings. The third-order valence-electron chi connectivity index (χ3n) is 12.2. The molecule has 0 aliphatic carbocycles. The first-order valence-electron chi connectivity index (χ1n) is 19.3. The largest absolute Gasteiger partial charge is 0.508 e. The van der Waals surface area contributed by atoms with Crippen molar-refractivity contribution in [1.82, 2.24) is 0 Å². The molecule has 10 rings (SSSR count). The van der Waals surface area contributed by atoms with Crippen LogP contribution in [0.15, 0.2) is 78.9 Å². The minimum Gasteiger partial charge on any atom is -0.508 e. The lowest BCUT2D eigenvalue weighted by molar-refractivity contribution is -0.219. The van der Waals surface area contributed by atoms with Crippen LogP contribution in [0.25, 0.3) is 0 Å². The Labute approximate surface area is 354 Å². The average molecular weight is 865 g/mol. The van der Waals surface area contributed by atoms with E-state index in [0.717, 1.165) is 42.5 Å². The summed E-state index contributed by atoms with van der Waals surface area (Å²) in [6.07, 6.45) is -8.06. The molecule has 0 fully saturated rings. The van der Waals surface area contributed by atoms with Gasteiger partial charge in [-0.15, -0.1) is 0 Å². The zero-order chi connectivity index (χ0) is 44.5. The molecule has 14 N–H and O–H groups in total. The van der Waals surface area contributed by atoms with Crippen LogP contribution >= 0.6 is 0 Å². The molecule has 4 aliphatic heterocycles. The van der Waals surface area contributed by atoms with E-state index in [-0.39, 0.29) is 68.4 Å². The maximum Gasteiger partial charge on any atom is 0.305 e. The molecule has 324 valence electrons. The Hall–Kier alpha value is -7.80. The number of hydrogen-bond donors (Lipinski definition) is 14. The van der Waals surface area contributed by atoms with Crippen molar-refractivity contribution in [3.63, 3.8) is 0 Å². The molecule has 0 aromatic heterocycles. The number of aliphatic hydroxyl groups excluding tert-OH is 3. The average Bonchev–Trinajstić information content (AvgIpc) is 3.23. The highest BCUT2D eigenvalue weighted by atomic mass is 16.7. The summed E-state index contributed by atoms with van der Waals surface area (Å²) >= 11 is 0. The van der Waals surface area contributed by atoms with Crippen molar-refractivity contribution in [3.05, 3.63) is 123 Å². The standard InChI is InChI=1S/C45H36O18/c46-18-10-28(54)34-31(11-18)60-41(16-2-5-22(48)26(52)8-16)39(58)36(34)37-38(57)29(55)13-20-33-35-32(62-45(44(33)59,63-43(20)37)17-3-6-23(49)27(53)9-17)14-24(50)19-12-30(56)40(61-42(19)35)15-1-4-21(47)25(51)7-15/h1-11,13-14,30,33,36,39-41,44,46-59H,12H2/t30-,33+,36+,39-,40+,41-,44+,45+/m0/s1. The van der Waals surface area contributed by atoms with E-state index >= 15 is 0 Å². The number of rotatable bonds is 4. The van der Waals surface area contributed by atoms with E-state index in [1.165, 1.54) is 36.4 Å². The first kappa shape index (κ1) is 39.3. The number of aliphatic hydroxyl groups is 3. The minimum atomic E-state index is -2.47. The molecule has 63 heavy (non-hydrogen) atoms. The Bertz CT molecular complexity index is 2910. The van der Waals surface area contributed by atoms with Gasteiger partial charge < -0.3 is 90.4 Å². The molecule has 0 spiro atoms. The molecule has 8 atom stereocenters. The summed E-state index contributed by atoms with van der Waals surface area (Å²) in [6.45, 7) is 0. The minimum absolute atomic E-state index is 0.0209. The van der Waals surface area contributed by atoms with Crippen LogP contribution in [-0.2, 0) is 12.2 Å². The van der Waals surface area contributed by atoms with Crippen LogP contribution in [-0.4, -0.2) is 89.8 Å². The molecule has 0 saturated carbocycles. The fourth-order valence-corrected chi connectivity index (χ4v) is 9.28. The van der Waals surface area contributed by atoms with Gasteiger partial charge in [0.15, 0.2) is 52.1 Å². The lowest BCUT2D eigenvalue weighted by atomic mass is 9.71. The van der Waals surface area contributed by atoms with E-state index in [4.69, 9.17) is 18.9 Å². The summed E-state index contributed by atoms with van der Waals surface area (Å²) in [5.41, 5.74) is -0.502. The van der Waals surface area contributed by atoms with E-state index in [1.54, 1.807) is 0 Å². The summed E-state index contributed by atoms with van der Waals surface area (Å²) in [4.78, 5) is 0. The molecule has 4 heterocycles. The Morgan fingerprint density at radius 1 is 0.476 bits per heavy atom. The van der Waals surface area contributed by atoms with E-state index in [2.05, 4.69) is 0 Å². The second-order valence-electron chi connectivity index (χ2n) is 15.9. The normalized spacial score (nSPS) is 25.2. The SMILES string of the molecule is Oc1cc(O)c2c(c1)O[C@@H](c1ccc(O)c(O)c1)[C@@H](O)[C@H]2c1c(O)c(O)cc2c1O[C@@]1(c3ccc(O)c(O)c3)Oc3cc(O)c4c(c3[C@@H]2[C@H]1O)O[C@H](c1ccc(O)c(O)c1)[C@@H](O)C4. The van der Waals surface area contributed by atoms with Crippen LogP contribution in [0.4, 0.5) is 0 Å². The van der Waals surface area contributed by atoms with Crippen LogP contribution in [0.5, 0.6) is 86.2 Å². The smallest absolute Gasteiger partial charge is 0.305 e.